The van der Waals surface area contributed by atoms with Gasteiger partial charge < -0.3 is 57.2 Å². The number of rotatable bonds is 25. The summed E-state index contributed by atoms with van der Waals surface area (Å²) in [5.41, 5.74) is 4.18. The van der Waals surface area contributed by atoms with Gasteiger partial charge in [0.1, 0.15) is 42.7 Å². The molecule has 3 aliphatic heterocycles. The highest BCUT2D eigenvalue weighted by molar-refractivity contribution is 5.67. The molecule has 4 fully saturated rings. The Balaban J connectivity index is 1.04. The standard InChI is InChI=1S/C69H75NO14/c1-48-60(76-41-51-28-14-5-15-29-51)62(77-42-52-30-16-6-17-31-52)63(78-43-53-32-18-7-19-33-53)66(82-48)69(72)59(47-74-39-49-24-10-3-11-25-49)83-67(64(79-44-54-34-20-8-21-35-54)65(69)80-45-55-36-22-9-23-37-55)84-61-56-46-81-70(68(71)73-2)57(56)38-58(61)75-40-50-26-12-4-13-27-50/h3-37,48,56-67,72H,38-47H2,1-2H3/t48-,56+,57+,58+,59-,60-,61-,62+,63-,64-,65-,66-,67-,69-/m1/s1. The van der Waals surface area contributed by atoms with E-state index in [0.29, 0.717) is 6.42 Å². The van der Waals surface area contributed by atoms with E-state index in [1.807, 2.05) is 219 Å². The first-order chi connectivity index (χ1) is 41.3. The number of amides is 1. The maximum absolute atomic E-state index is 14.9. The first-order valence-corrected chi connectivity index (χ1v) is 29.1. The van der Waals surface area contributed by atoms with Crippen LogP contribution in [0.5, 0.6) is 0 Å². The molecule has 3 saturated heterocycles. The second-order valence-electron chi connectivity index (χ2n) is 21.9. The minimum Gasteiger partial charge on any atom is -0.451 e. The summed E-state index contributed by atoms with van der Waals surface area (Å²) in [6, 6.07) is 68.6. The Kier molecular flexibility index (Phi) is 20.4. The Labute approximate surface area is 492 Å². The largest absolute Gasteiger partial charge is 0.451 e. The van der Waals surface area contributed by atoms with Crippen LogP contribution in [0, 0.1) is 5.92 Å². The highest BCUT2D eigenvalue weighted by Gasteiger charge is 2.67. The van der Waals surface area contributed by atoms with Crippen LogP contribution in [0.2, 0.25) is 0 Å². The van der Waals surface area contributed by atoms with Crippen LogP contribution in [0.1, 0.15) is 52.3 Å². The highest BCUT2D eigenvalue weighted by atomic mass is 16.8. The van der Waals surface area contributed by atoms with Crippen molar-refractivity contribution in [2.75, 3.05) is 20.3 Å². The van der Waals surface area contributed by atoms with Crippen molar-refractivity contribution >= 4 is 6.09 Å². The molecular formula is C69H75NO14. The maximum atomic E-state index is 14.9. The second kappa shape index (κ2) is 28.9. The fourth-order valence-electron chi connectivity index (χ4n) is 12.0. The van der Waals surface area contributed by atoms with Gasteiger partial charge in [0.05, 0.1) is 90.9 Å². The first kappa shape index (κ1) is 59.1. The minimum atomic E-state index is -2.19. The zero-order valence-corrected chi connectivity index (χ0v) is 47.5. The van der Waals surface area contributed by atoms with Crippen molar-refractivity contribution in [2.45, 2.75) is 139 Å². The summed E-state index contributed by atoms with van der Waals surface area (Å²) < 4.78 is 76.8. The predicted octanol–water partition coefficient (Wildman–Crippen LogP) is 10.7. The number of methoxy groups -OCH3 is 1. The molecule has 0 radical (unpaired) electrons. The molecule has 1 aliphatic carbocycles. The van der Waals surface area contributed by atoms with Crippen LogP contribution >= 0.6 is 0 Å². The predicted molar refractivity (Wildman–Crippen MR) is 311 cm³/mol. The van der Waals surface area contributed by atoms with E-state index in [4.69, 9.17) is 56.9 Å². The Morgan fingerprint density at radius 2 is 0.905 bits per heavy atom. The average molecular weight is 1140 g/mol. The summed E-state index contributed by atoms with van der Waals surface area (Å²) in [6.07, 6.45) is -11.2. The number of nitrogens with zero attached hydrogens (tertiary/aromatic N) is 1. The molecule has 7 aromatic rings. The fourth-order valence-corrected chi connectivity index (χ4v) is 12.0. The third kappa shape index (κ3) is 14.3. The molecule has 0 aromatic heterocycles. The van der Waals surface area contributed by atoms with E-state index < -0.39 is 91.0 Å². The van der Waals surface area contributed by atoms with Gasteiger partial charge in [-0.05, 0) is 52.3 Å². The van der Waals surface area contributed by atoms with E-state index in [9.17, 15) is 9.90 Å². The fraction of sp³-hybridized carbons (Fsp3) is 0.377. The molecule has 1 N–H and O–H groups in total. The normalized spacial score (nSPS) is 28.4. The van der Waals surface area contributed by atoms with Crippen molar-refractivity contribution in [3.63, 3.8) is 0 Å². The zero-order valence-electron chi connectivity index (χ0n) is 47.5. The Morgan fingerprint density at radius 3 is 1.37 bits per heavy atom. The van der Waals surface area contributed by atoms with Gasteiger partial charge in [-0.25, -0.2) is 4.79 Å². The van der Waals surface area contributed by atoms with Gasteiger partial charge in [0.2, 0.25) is 0 Å². The van der Waals surface area contributed by atoms with E-state index in [2.05, 4.69) is 0 Å². The summed E-state index contributed by atoms with van der Waals surface area (Å²) in [7, 11) is 1.33. The number of aliphatic hydroxyl groups is 1. The third-order valence-electron chi connectivity index (χ3n) is 16.3. The molecule has 3 heterocycles. The molecule has 440 valence electrons. The molecule has 84 heavy (non-hydrogen) atoms. The maximum Gasteiger partial charge on any atom is 0.433 e. The van der Waals surface area contributed by atoms with Crippen molar-refractivity contribution in [1.29, 1.82) is 0 Å². The lowest BCUT2D eigenvalue weighted by Gasteiger charge is -2.58. The van der Waals surface area contributed by atoms with Gasteiger partial charge in [-0.15, -0.1) is 0 Å². The van der Waals surface area contributed by atoms with Gasteiger partial charge in [0.25, 0.3) is 0 Å². The van der Waals surface area contributed by atoms with Crippen LogP contribution in [-0.2, 0) is 103 Å². The monoisotopic (exact) mass is 1140 g/mol. The van der Waals surface area contributed by atoms with Crippen LogP contribution in [0.4, 0.5) is 4.79 Å². The van der Waals surface area contributed by atoms with Gasteiger partial charge in [-0.1, -0.05) is 212 Å². The Hall–Kier alpha value is -6.67. The smallest absolute Gasteiger partial charge is 0.433 e. The third-order valence-corrected chi connectivity index (χ3v) is 16.3. The molecule has 11 rings (SSSR count). The molecular weight excluding hydrogens is 1070 g/mol. The molecule has 15 heteroatoms. The van der Waals surface area contributed by atoms with Gasteiger partial charge in [-0.3, -0.25) is 4.84 Å². The minimum absolute atomic E-state index is 0.0384. The molecule has 4 aliphatic rings. The number of fused-ring (bicyclic) bond motifs is 1. The number of carbonyl (C=O) groups is 1. The van der Waals surface area contributed by atoms with Crippen LogP contribution in [-0.4, -0.2) is 116 Å². The summed E-state index contributed by atoms with van der Waals surface area (Å²) in [4.78, 5) is 19.4. The van der Waals surface area contributed by atoms with Crippen molar-refractivity contribution in [3.8, 4) is 0 Å². The quantitative estimate of drug-likeness (QED) is 0.0578. The number of benzene rings is 7. The summed E-state index contributed by atoms with van der Waals surface area (Å²) in [6.45, 7) is 3.03. The second-order valence-corrected chi connectivity index (χ2v) is 21.9. The van der Waals surface area contributed by atoms with Crippen LogP contribution in [0.3, 0.4) is 0 Å². The topological polar surface area (TPSA) is 151 Å². The average Bonchev–Trinajstić information content (AvgIpc) is 1.27. The van der Waals surface area contributed by atoms with Crippen molar-refractivity contribution in [3.05, 3.63) is 251 Å². The lowest BCUT2D eigenvalue weighted by Crippen LogP contribution is -2.78. The van der Waals surface area contributed by atoms with E-state index in [0.717, 1.165) is 38.9 Å². The number of carbonyl (C=O) groups excluding carboxylic acids is 1. The van der Waals surface area contributed by atoms with Gasteiger partial charge >= 0.3 is 6.09 Å². The van der Waals surface area contributed by atoms with Crippen LogP contribution in [0.15, 0.2) is 212 Å². The molecule has 0 spiro atoms. The SMILES string of the molecule is COC(=O)N1OC[C@@H]2[C@@H](O[C@H]3O[C@H](COCc4ccccc4)[C@](O)([C@@H]4O[C@H](C)[C@@H](OCc5ccccc5)[C@H](OCc5ccccc5)[C@H]4OCc4ccccc4)[C@H](OCc4ccccc4)[C@H]3OCc3ccccc3)[C@@H](OCc3ccccc3)C[C@@H]21. The van der Waals surface area contributed by atoms with E-state index in [1.54, 1.807) is 0 Å². The van der Waals surface area contributed by atoms with E-state index in [1.165, 1.54) is 12.2 Å². The van der Waals surface area contributed by atoms with Crippen LogP contribution < -0.4 is 0 Å². The number of hydrogen-bond donors (Lipinski definition) is 1. The first-order valence-electron chi connectivity index (χ1n) is 29.1. The lowest BCUT2D eigenvalue weighted by atomic mass is 9.74. The van der Waals surface area contributed by atoms with Crippen molar-refractivity contribution in [1.82, 2.24) is 5.06 Å². The lowest BCUT2D eigenvalue weighted by molar-refractivity contribution is -0.395. The molecule has 14 atom stereocenters. The molecule has 0 bridgehead atoms. The molecule has 1 saturated carbocycles. The van der Waals surface area contributed by atoms with Gasteiger partial charge in [0.15, 0.2) is 11.9 Å². The van der Waals surface area contributed by atoms with Gasteiger partial charge in [-0.2, -0.15) is 5.06 Å². The Bertz CT molecular complexity index is 3050. The van der Waals surface area contributed by atoms with Crippen molar-refractivity contribution < 1.29 is 66.8 Å². The zero-order chi connectivity index (χ0) is 57.5. The number of ether oxygens (including phenoxy) is 11. The van der Waals surface area contributed by atoms with Crippen LogP contribution in [0.25, 0.3) is 0 Å². The summed E-state index contributed by atoms with van der Waals surface area (Å²) in [5.74, 6) is -0.394. The number of hydrogen-bond acceptors (Lipinski definition) is 14. The van der Waals surface area contributed by atoms with Crippen molar-refractivity contribution in [2.24, 2.45) is 5.92 Å². The number of hydroxylamine groups is 2. The highest BCUT2D eigenvalue weighted by Crippen LogP contribution is 2.47. The summed E-state index contributed by atoms with van der Waals surface area (Å²) >= 11 is 0. The Morgan fingerprint density at radius 1 is 0.500 bits per heavy atom. The molecule has 1 amide bonds. The van der Waals surface area contributed by atoms with E-state index in [-0.39, 0.29) is 59.5 Å². The molecule has 15 nitrogen and oxygen atoms in total. The molecule has 0 unspecified atom stereocenters. The molecule has 7 aromatic carbocycles. The van der Waals surface area contributed by atoms with Gasteiger partial charge in [0, 0.05) is 5.92 Å². The van der Waals surface area contributed by atoms with E-state index >= 15 is 0 Å². The summed E-state index contributed by atoms with van der Waals surface area (Å²) in [5, 5.41) is 16.2.